The summed E-state index contributed by atoms with van der Waals surface area (Å²) in [6.07, 6.45) is 2.07. The van der Waals surface area contributed by atoms with Gasteiger partial charge in [-0.2, -0.15) is 5.10 Å². The average molecular weight is 353 g/mol. The van der Waals surface area contributed by atoms with Gasteiger partial charge in [0.1, 0.15) is 5.82 Å². The fraction of sp³-hybridized carbons (Fsp3) is 0.286. The van der Waals surface area contributed by atoms with Gasteiger partial charge in [0.2, 0.25) is 0 Å². The van der Waals surface area contributed by atoms with Gasteiger partial charge in [0, 0.05) is 37.5 Å². The van der Waals surface area contributed by atoms with Crippen LogP contribution in [0.5, 0.6) is 0 Å². The molecule has 0 aliphatic carbocycles. The molecule has 0 saturated carbocycles. The lowest BCUT2D eigenvalue weighted by molar-refractivity contribution is 0.147. The number of aryl methyl sites for hydroxylation is 1. The van der Waals surface area contributed by atoms with Crippen molar-refractivity contribution in [1.29, 1.82) is 0 Å². The Labute approximate surface area is 153 Å². The monoisotopic (exact) mass is 353 g/mol. The van der Waals surface area contributed by atoms with Crippen molar-refractivity contribution < 1.29 is 9.50 Å². The highest BCUT2D eigenvalue weighted by Crippen LogP contribution is 2.26. The molecule has 3 aromatic rings. The molecule has 5 heteroatoms. The predicted molar refractivity (Wildman–Crippen MR) is 101 cm³/mol. The Kier molecular flexibility index (Phi) is 5.81. The second-order valence-electron chi connectivity index (χ2n) is 6.61. The van der Waals surface area contributed by atoms with Gasteiger partial charge in [0.25, 0.3) is 0 Å². The van der Waals surface area contributed by atoms with Crippen LogP contribution in [-0.4, -0.2) is 33.4 Å². The summed E-state index contributed by atoms with van der Waals surface area (Å²) in [4.78, 5) is 2.12. The highest BCUT2D eigenvalue weighted by Gasteiger charge is 2.16. The van der Waals surface area contributed by atoms with E-state index in [1.807, 2.05) is 56.7 Å². The SMILES string of the molecule is CN(CC[C@H](O)c1ccccc1)Cc1cn(C)nc1-c1ccccc1F. The van der Waals surface area contributed by atoms with E-state index >= 15 is 0 Å². The summed E-state index contributed by atoms with van der Waals surface area (Å²) in [6.45, 7) is 1.36. The van der Waals surface area contributed by atoms with E-state index < -0.39 is 6.10 Å². The van der Waals surface area contributed by atoms with Crippen LogP contribution in [0.15, 0.2) is 60.8 Å². The fourth-order valence-electron chi connectivity index (χ4n) is 3.09. The smallest absolute Gasteiger partial charge is 0.132 e. The number of benzene rings is 2. The molecule has 0 bridgehead atoms. The van der Waals surface area contributed by atoms with Crippen LogP contribution >= 0.6 is 0 Å². The van der Waals surface area contributed by atoms with E-state index in [0.29, 0.717) is 24.2 Å². The van der Waals surface area contributed by atoms with Crippen molar-refractivity contribution in [2.75, 3.05) is 13.6 Å². The fourth-order valence-corrected chi connectivity index (χ4v) is 3.09. The van der Waals surface area contributed by atoms with Crippen molar-refractivity contribution in [3.05, 3.63) is 77.7 Å². The molecule has 0 fully saturated rings. The summed E-state index contributed by atoms with van der Waals surface area (Å²) in [5.41, 5.74) is 3.07. The highest BCUT2D eigenvalue weighted by molar-refractivity contribution is 5.63. The van der Waals surface area contributed by atoms with Gasteiger partial charge < -0.3 is 10.0 Å². The highest BCUT2D eigenvalue weighted by atomic mass is 19.1. The molecule has 1 atom stereocenters. The average Bonchev–Trinajstić information content (AvgIpc) is 3.00. The van der Waals surface area contributed by atoms with Crippen LogP contribution in [0.1, 0.15) is 23.7 Å². The lowest BCUT2D eigenvalue weighted by Crippen LogP contribution is -2.21. The maximum Gasteiger partial charge on any atom is 0.132 e. The zero-order chi connectivity index (χ0) is 18.5. The second-order valence-corrected chi connectivity index (χ2v) is 6.61. The first-order valence-electron chi connectivity index (χ1n) is 8.73. The van der Waals surface area contributed by atoms with Gasteiger partial charge in [-0.25, -0.2) is 4.39 Å². The number of aliphatic hydroxyl groups is 1. The minimum atomic E-state index is -0.487. The van der Waals surface area contributed by atoms with Crippen molar-refractivity contribution >= 4 is 0 Å². The van der Waals surface area contributed by atoms with Crippen LogP contribution in [0.25, 0.3) is 11.3 Å². The van der Waals surface area contributed by atoms with Gasteiger partial charge in [-0.1, -0.05) is 42.5 Å². The Balaban J connectivity index is 1.67. The number of nitrogens with zero attached hydrogens (tertiary/aromatic N) is 3. The molecule has 0 saturated heterocycles. The maximum absolute atomic E-state index is 14.1. The molecule has 3 rings (SSSR count). The van der Waals surface area contributed by atoms with Crippen LogP contribution in [-0.2, 0) is 13.6 Å². The molecule has 136 valence electrons. The van der Waals surface area contributed by atoms with E-state index in [4.69, 9.17) is 0 Å². The number of rotatable bonds is 7. The molecular weight excluding hydrogens is 329 g/mol. The molecule has 0 aliphatic rings. The van der Waals surface area contributed by atoms with Gasteiger partial charge in [-0.15, -0.1) is 0 Å². The predicted octanol–water partition coefficient (Wildman–Crippen LogP) is 3.78. The topological polar surface area (TPSA) is 41.3 Å². The summed E-state index contributed by atoms with van der Waals surface area (Å²) in [5, 5.41) is 14.8. The molecule has 2 aromatic carbocycles. The molecule has 1 aromatic heterocycles. The molecule has 26 heavy (non-hydrogen) atoms. The zero-order valence-electron chi connectivity index (χ0n) is 15.1. The number of aromatic nitrogens is 2. The lowest BCUT2D eigenvalue weighted by Gasteiger charge is -2.19. The van der Waals surface area contributed by atoms with E-state index in [-0.39, 0.29) is 5.82 Å². The molecule has 0 radical (unpaired) electrons. The van der Waals surface area contributed by atoms with Gasteiger partial charge in [-0.3, -0.25) is 4.68 Å². The Morgan fingerprint density at radius 2 is 1.81 bits per heavy atom. The first-order valence-corrected chi connectivity index (χ1v) is 8.73. The van der Waals surface area contributed by atoms with Crippen LogP contribution in [0.3, 0.4) is 0 Å². The molecule has 0 aliphatic heterocycles. The Hall–Kier alpha value is -2.50. The minimum Gasteiger partial charge on any atom is -0.388 e. The quantitative estimate of drug-likeness (QED) is 0.703. The van der Waals surface area contributed by atoms with E-state index in [1.54, 1.807) is 16.8 Å². The van der Waals surface area contributed by atoms with Crippen molar-refractivity contribution in [3.8, 4) is 11.3 Å². The van der Waals surface area contributed by atoms with Crippen LogP contribution in [0, 0.1) is 5.82 Å². The number of hydrogen-bond acceptors (Lipinski definition) is 3. The van der Waals surface area contributed by atoms with Crippen molar-refractivity contribution in [2.24, 2.45) is 7.05 Å². The Bertz CT molecular complexity index is 847. The van der Waals surface area contributed by atoms with Crippen molar-refractivity contribution in [3.63, 3.8) is 0 Å². The third-order valence-electron chi connectivity index (χ3n) is 4.44. The normalized spacial score (nSPS) is 12.5. The standard InChI is InChI=1S/C21H24FN3O/c1-24(13-12-20(26)16-8-4-3-5-9-16)14-17-15-25(2)23-21(17)18-10-6-7-11-19(18)22/h3-11,15,20,26H,12-14H2,1-2H3/t20-/m0/s1. The number of aliphatic hydroxyl groups excluding tert-OH is 1. The molecule has 1 N–H and O–H groups in total. The zero-order valence-corrected chi connectivity index (χ0v) is 15.1. The van der Waals surface area contributed by atoms with Crippen LogP contribution in [0.4, 0.5) is 4.39 Å². The van der Waals surface area contributed by atoms with E-state index in [1.165, 1.54) is 6.07 Å². The molecule has 1 heterocycles. The molecule has 0 spiro atoms. The first kappa shape index (κ1) is 18.3. The van der Waals surface area contributed by atoms with Crippen LogP contribution in [0.2, 0.25) is 0 Å². The summed E-state index contributed by atoms with van der Waals surface area (Å²) in [6, 6.07) is 16.4. The molecular formula is C21H24FN3O. The minimum absolute atomic E-state index is 0.269. The largest absolute Gasteiger partial charge is 0.388 e. The van der Waals surface area contributed by atoms with Crippen molar-refractivity contribution in [1.82, 2.24) is 14.7 Å². The summed E-state index contributed by atoms with van der Waals surface area (Å²) < 4.78 is 15.9. The Morgan fingerprint density at radius 1 is 1.12 bits per heavy atom. The third kappa shape index (κ3) is 4.36. The third-order valence-corrected chi connectivity index (χ3v) is 4.44. The second kappa shape index (κ2) is 8.25. The van der Waals surface area contributed by atoms with Crippen molar-refractivity contribution in [2.45, 2.75) is 19.1 Å². The van der Waals surface area contributed by atoms with E-state index in [0.717, 1.165) is 17.7 Å². The van der Waals surface area contributed by atoms with Gasteiger partial charge >= 0.3 is 0 Å². The lowest BCUT2D eigenvalue weighted by atomic mass is 10.1. The Morgan fingerprint density at radius 3 is 2.54 bits per heavy atom. The van der Waals surface area contributed by atoms with Gasteiger partial charge in [0.15, 0.2) is 0 Å². The molecule has 0 amide bonds. The number of halogens is 1. The van der Waals surface area contributed by atoms with E-state index in [9.17, 15) is 9.50 Å². The number of hydrogen-bond donors (Lipinski definition) is 1. The van der Waals surface area contributed by atoms with Crippen LogP contribution < -0.4 is 0 Å². The molecule has 0 unspecified atom stereocenters. The first-order chi connectivity index (χ1) is 12.5. The van der Waals surface area contributed by atoms with Gasteiger partial charge in [-0.05, 0) is 31.2 Å². The van der Waals surface area contributed by atoms with Gasteiger partial charge in [0.05, 0.1) is 11.8 Å². The van der Waals surface area contributed by atoms with E-state index in [2.05, 4.69) is 10.00 Å². The summed E-state index contributed by atoms with van der Waals surface area (Å²) in [5.74, 6) is -0.269. The summed E-state index contributed by atoms with van der Waals surface area (Å²) >= 11 is 0. The summed E-state index contributed by atoms with van der Waals surface area (Å²) in [7, 11) is 3.84. The molecule has 4 nitrogen and oxygen atoms in total. The maximum atomic E-state index is 14.1.